The molecule has 4 rings (SSSR count). The largest absolute Gasteiger partial charge is 0.491 e. The Morgan fingerprint density at radius 2 is 1.84 bits per heavy atom. The Kier molecular flexibility index (Phi) is 6.90. The molecule has 15 heteroatoms. The molecular formula is C22H14F5IN6O3. The molecule has 0 aliphatic carbocycles. The zero-order chi connectivity index (χ0) is 27.1. The number of pyridine rings is 2. The van der Waals surface area contributed by atoms with Crippen molar-refractivity contribution in [1.82, 2.24) is 14.4 Å². The van der Waals surface area contributed by atoms with E-state index in [1.807, 2.05) is 22.6 Å². The van der Waals surface area contributed by atoms with Gasteiger partial charge in [-0.1, -0.05) is 0 Å². The number of halogens is 6. The third-order valence-corrected chi connectivity index (χ3v) is 5.77. The van der Waals surface area contributed by atoms with Crippen LogP contribution < -0.4 is 21.5 Å². The molecule has 0 bridgehead atoms. The number of fused-ring (bicyclic) bond motifs is 1. The molecule has 0 radical (unpaired) electrons. The van der Waals surface area contributed by atoms with Gasteiger partial charge in [-0.25, -0.2) is 23.5 Å². The van der Waals surface area contributed by atoms with E-state index in [4.69, 9.17) is 11.5 Å². The smallest absolute Gasteiger partial charge is 0.398 e. The highest BCUT2D eigenvalue weighted by Crippen LogP contribution is 2.34. The quantitative estimate of drug-likeness (QED) is 0.166. The number of nitrogen functional groups attached to an aromatic ring is 1. The van der Waals surface area contributed by atoms with Crippen LogP contribution in [0.2, 0.25) is 0 Å². The number of carbonyl (C=O) groups excluding carboxylic acids is 2. The molecule has 37 heavy (non-hydrogen) atoms. The Morgan fingerprint density at radius 1 is 1.11 bits per heavy atom. The average Bonchev–Trinajstić information content (AvgIpc) is 3.23. The Labute approximate surface area is 217 Å². The summed E-state index contributed by atoms with van der Waals surface area (Å²) in [6.07, 6.45) is -3.55. The van der Waals surface area contributed by atoms with Crippen LogP contribution in [0.15, 0.2) is 42.9 Å². The molecule has 0 unspecified atom stereocenters. The summed E-state index contributed by atoms with van der Waals surface area (Å²) in [5.74, 6) is -6.60. The van der Waals surface area contributed by atoms with Crippen molar-refractivity contribution >= 4 is 57.3 Å². The van der Waals surface area contributed by atoms with Crippen molar-refractivity contribution in [2.75, 3.05) is 11.1 Å². The zero-order valence-electron chi connectivity index (χ0n) is 18.2. The number of aromatic nitrogens is 3. The molecule has 0 atom stereocenters. The second-order valence-electron chi connectivity index (χ2n) is 7.55. The fraction of sp³-hybridized carbons (Fsp3) is 0.0909. The zero-order valence-corrected chi connectivity index (χ0v) is 20.4. The molecule has 192 valence electrons. The summed E-state index contributed by atoms with van der Waals surface area (Å²) in [5, 5.41) is 2.68. The van der Waals surface area contributed by atoms with Crippen molar-refractivity contribution in [1.29, 1.82) is 0 Å². The lowest BCUT2D eigenvalue weighted by atomic mass is 10.0. The number of carbonyl (C=O) groups is 2. The first kappa shape index (κ1) is 26.1. The monoisotopic (exact) mass is 632 g/mol. The lowest BCUT2D eigenvalue weighted by Gasteiger charge is -2.17. The summed E-state index contributed by atoms with van der Waals surface area (Å²) in [6, 6.07) is 6.52. The summed E-state index contributed by atoms with van der Waals surface area (Å²) in [6.45, 7) is 0. The second-order valence-corrected chi connectivity index (χ2v) is 8.79. The molecule has 0 saturated heterocycles. The molecule has 5 N–H and O–H groups in total. The maximum absolute atomic E-state index is 14.6. The number of hydrogen-bond acceptors (Lipinski definition) is 7. The van der Waals surface area contributed by atoms with Crippen molar-refractivity contribution in [3.63, 3.8) is 0 Å². The molecule has 0 fully saturated rings. The predicted octanol–water partition coefficient (Wildman–Crippen LogP) is 4.10. The first-order valence-corrected chi connectivity index (χ1v) is 11.2. The Bertz CT molecular complexity index is 1560. The van der Waals surface area contributed by atoms with Crippen LogP contribution in [0.5, 0.6) is 5.88 Å². The van der Waals surface area contributed by atoms with Gasteiger partial charge in [0.05, 0.1) is 11.3 Å². The predicted molar refractivity (Wildman–Crippen MR) is 129 cm³/mol. The minimum Gasteiger partial charge on any atom is -0.398 e. The van der Waals surface area contributed by atoms with Crippen LogP contribution in [-0.2, 0) is 11.2 Å². The molecule has 0 aliphatic heterocycles. The number of amides is 1. The van der Waals surface area contributed by atoms with Gasteiger partial charge >= 0.3 is 12.1 Å². The topological polar surface area (TPSA) is 138 Å². The van der Waals surface area contributed by atoms with Crippen molar-refractivity contribution in [2.24, 2.45) is 5.73 Å². The standard InChI is InChI=1S/C22H14F5IN6O3/c23-13-7-11(28)1-2-14(13)33-19-12(18(30)35)6-10(5-9-3-4-31-17(29)15(9)24)16-20(32-8-34(16)19)37-21(36)22(25,26)27/h1-4,6-8,33H,5H2,(H2,29,31)(H2,30,35). The van der Waals surface area contributed by atoms with E-state index in [0.29, 0.717) is 3.57 Å². The van der Waals surface area contributed by atoms with E-state index in [-0.39, 0.29) is 40.1 Å². The van der Waals surface area contributed by atoms with Gasteiger partial charge in [-0.3, -0.25) is 9.20 Å². The molecule has 1 aromatic carbocycles. The highest BCUT2D eigenvalue weighted by atomic mass is 127. The van der Waals surface area contributed by atoms with E-state index in [0.717, 1.165) is 16.8 Å². The minimum atomic E-state index is -5.35. The molecular weight excluding hydrogens is 618 g/mol. The van der Waals surface area contributed by atoms with Crippen LogP contribution in [0.1, 0.15) is 21.5 Å². The van der Waals surface area contributed by atoms with Gasteiger partial charge in [-0.15, -0.1) is 0 Å². The summed E-state index contributed by atoms with van der Waals surface area (Å²) < 4.78 is 74.0. The number of rotatable bonds is 6. The number of primary amides is 1. The van der Waals surface area contributed by atoms with Gasteiger partial charge in [0.25, 0.3) is 5.91 Å². The second kappa shape index (κ2) is 9.79. The van der Waals surface area contributed by atoms with Gasteiger partial charge in [-0.2, -0.15) is 13.2 Å². The van der Waals surface area contributed by atoms with Crippen LogP contribution in [0.3, 0.4) is 0 Å². The number of anilines is 3. The fourth-order valence-corrected chi connectivity index (χ4v) is 3.92. The summed E-state index contributed by atoms with van der Waals surface area (Å²) in [7, 11) is 0. The molecule has 0 spiro atoms. The number of alkyl halides is 3. The van der Waals surface area contributed by atoms with E-state index in [1.54, 1.807) is 6.07 Å². The molecule has 1 amide bonds. The first-order valence-electron chi connectivity index (χ1n) is 10.1. The molecule has 3 aromatic heterocycles. The van der Waals surface area contributed by atoms with Gasteiger partial charge in [-0.05, 0) is 64.0 Å². The molecule has 9 nitrogen and oxygen atoms in total. The maximum Gasteiger partial charge on any atom is 0.491 e. The number of ether oxygens (including phenoxy) is 1. The molecule has 4 aromatic rings. The highest BCUT2D eigenvalue weighted by molar-refractivity contribution is 14.1. The van der Waals surface area contributed by atoms with E-state index >= 15 is 0 Å². The van der Waals surface area contributed by atoms with Crippen LogP contribution in [0, 0.1) is 15.2 Å². The number of nitrogens with zero attached hydrogens (tertiary/aromatic N) is 3. The lowest BCUT2D eigenvalue weighted by Crippen LogP contribution is -2.28. The number of nitrogens with two attached hydrogens (primary N) is 2. The summed E-state index contributed by atoms with van der Waals surface area (Å²) in [5.41, 5.74) is 10.4. The SMILES string of the molecule is NC(=O)c1cc(Cc2ccnc(N)c2F)c2c(OC(=O)C(F)(F)F)ncn2c1Nc1ccc(I)cc1F. The third-order valence-electron chi connectivity index (χ3n) is 5.10. The third kappa shape index (κ3) is 5.25. The lowest BCUT2D eigenvalue weighted by molar-refractivity contribution is -0.189. The Hall–Kier alpha value is -4.02. The molecule has 0 saturated carbocycles. The van der Waals surface area contributed by atoms with Gasteiger partial charge in [0.2, 0.25) is 5.88 Å². The van der Waals surface area contributed by atoms with Crippen LogP contribution in [0.25, 0.3) is 5.52 Å². The van der Waals surface area contributed by atoms with Gasteiger partial charge < -0.3 is 21.5 Å². The Morgan fingerprint density at radius 3 is 2.49 bits per heavy atom. The number of imidazole rings is 1. The van der Waals surface area contributed by atoms with Crippen LogP contribution in [-0.4, -0.2) is 32.4 Å². The van der Waals surface area contributed by atoms with Crippen molar-refractivity contribution in [3.05, 3.63) is 74.8 Å². The Balaban J connectivity index is 1.96. The van der Waals surface area contributed by atoms with Crippen LogP contribution >= 0.6 is 22.6 Å². The van der Waals surface area contributed by atoms with Gasteiger partial charge in [0.15, 0.2) is 11.6 Å². The van der Waals surface area contributed by atoms with Crippen LogP contribution in [0.4, 0.5) is 39.3 Å². The van der Waals surface area contributed by atoms with Gasteiger partial charge in [0, 0.05) is 16.2 Å². The summed E-state index contributed by atoms with van der Waals surface area (Å²) in [4.78, 5) is 31.2. The van der Waals surface area contributed by atoms with Crippen molar-refractivity contribution < 1.29 is 36.3 Å². The number of hydrogen-bond donors (Lipinski definition) is 3. The molecule has 0 aliphatic rings. The van der Waals surface area contributed by atoms with E-state index in [2.05, 4.69) is 20.0 Å². The number of esters is 1. The summed E-state index contributed by atoms with van der Waals surface area (Å²) >= 11 is 1.88. The number of nitrogens with one attached hydrogen (secondary N) is 1. The first-order chi connectivity index (χ1) is 17.4. The van der Waals surface area contributed by atoms with E-state index in [1.165, 1.54) is 24.4 Å². The van der Waals surface area contributed by atoms with Crippen molar-refractivity contribution in [2.45, 2.75) is 12.6 Å². The highest BCUT2D eigenvalue weighted by Gasteiger charge is 2.42. The normalized spacial score (nSPS) is 11.5. The molecule has 3 heterocycles. The van der Waals surface area contributed by atoms with E-state index in [9.17, 15) is 31.5 Å². The fourth-order valence-electron chi connectivity index (χ4n) is 3.47. The number of benzene rings is 1. The maximum atomic E-state index is 14.6. The average molecular weight is 632 g/mol. The van der Waals surface area contributed by atoms with Crippen molar-refractivity contribution in [3.8, 4) is 5.88 Å². The van der Waals surface area contributed by atoms with Gasteiger partial charge in [0.1, 0.15) is 23.5 Å². The minimum absolute atomic E-state index is 0.00518. The van der Waals surface area contributed by atoms with E-state index < -0.39 is 41.4 Å².